The quantitative estimate of drug-likeness (QED) is 0.668. The SMILES string of the molecule is COC(=O)c1cccc(NC(=O)C[C@@H]2C=CCC2)c1. The van der Waals surface area contributed by atoms with E-state index in [1.165, 1.54) is 7.11 Å². The highest BCUT2D eigenvalue weighted by molar-refractivity contribution is 5.94. The van der Waals surface area contributed by atoms with Crippen molar-refractivity contribution in [1.29, 1.82) is 0 Å². The van der Waals surface area contributed by atoms with Crippen molar-refractivity contribution < 1.29 is 14.3 Å². The third kappa shape index (κ3) is 3.68. The molecule has 1 N–H and O–H groups in total. The van der Waals surface area contributed by atoms with Gasteiger partial charge in [0.1, 0.15) is 0 Å². The fourth-order valence-corrected chi connectivity index (χ4v) is 2.16. The maximum absolute atomic E-state index is 11.9. The third-order valence-corrected chi connectivity index (χ3v) is 3.13. The average Bonchev–Trinajstić information content (AvgIpc) is 2.90. The van der Waals surface area contributed by atoms with Crippen LogP contribution >= 0.6 is 0 Å². The summed E-state index contributed by atoms with van der Waals surface area (Å²) in [5, 5.41) is 2.81. The number of hydrogen-bond donors (Lipinski definition) is 1. The molecule has 0 aliphatic heterocycles. The summed E-state index contributed by atoms with van der Waals surface area (Å²) in [6, 6.07) is 6.75. The molecule has 0 spiro atoms. The van der Waals surface area contributed by atoms with Gasteiger partial charge < -0.3 is 10.1 Å². The molecule has 4 nitrogen and oxygen atoms in total. The Kier molecular flexibility index (Phi) is 4.34. The number of anilines is 1. The summed E-state index contributed by atoms with van der Waals surface area (Å²) in [5.41, 5.74) is 1.05. The minimum absolute atomic E-state index is 0.0291. The Morgan fingerprint density at radius 2 is 2.26 bits per heavy atom. The van der Waals surface area contributed by atoms with Crippen LogP contribution in [0.25, 0.3) is 0 Å². The second-order valence-corrected chi connectivity index (χ2v) is 4.59. The fraction of sp³-hybridized carbons (Fsp3) is 0.333. The van der Waals surface area contributed by atoms with Gasteiger partial charge in [-0.25, -0.2) is 4.79 Å². The highest BCUT2D eigenvalue weighted by Crippen LogP contribution is 2.21. The van der Waals surface area contributed by atoms with Crippen LogP contribution in [0.4, 0.5) is 5.69 Å². The van der Waals surface area contributed by atoms with Crippen LogP contribution in [0.5, 0.6) is 0 Å². The van der Waals surface area contributed by atoms with Crippen molar-refractivity contribution in [3.8, 4) is 0 Å². The second-order valence-electron chi connectivity index (χ2n) is 4.59. The Bertz CT molecular complexity index is 508. The van der Waals surface area contributed by atoms with E-state index in [0.29, 0.717) is 23.6 Å². The van der Waals surface area contributed by atoms with Crippen LogP contribution in [-0.4, -0.2) is 19.0 Å². The Hall–Kier alpha value is -2.10. The van der Waals surface area contributed by atoms with Crippen LogP contribution < -0.4 is 5.32 Å². The van der Waals surface area contributed by atoms with Gasteiger partial charge in [0.2, 0.25) is 5.91 Å². The number of amides is 1. The zero-order valence-electron chi connectivity index (χ0n) is 10.9. The number of ether oxygens (including phenoxy) is 1. The molecule has 1 aliphatic rings. The van der Waals surface area contributed by atoms with Gasteiger partial charge in [0.15, 0.2) is 0 Å². The fourth-order valence-electron chi connectivity index (χ4n) is 2.16. The van der Waals surface area contributed by atoms with E-state index in [1.807, 2.05) is 0 Å². The number of methoxy groups -OCH3 is 1. The number of nitrogens with one attached hydrogen (secondary N) is 1. The molecule has 4 heteroatoms. The Labute approximate surface area is 112 Å². The average molecular weight is 259 g/mol. The molecule has 2 rings (SSSR count). The molecule has 1 amide bonds. The lowest BCUT2D eigenvalue weighted by atomic mass is 10.0. The number of carbonyl (C=O) groups is 2. The van der Waals surface area contributed by atoms with Crippen LogP contribution in [0.1, 0.15) is 29.6 Å². The maximum atomic E-state index is 11.9. The number of hydrogen-bond acceptors (Lipinski definition) is 3. The molecule has 1 aromatic carbocycles. The Balaban J connectivity index is 1.96. The van der Waals surface area contributed by atoms with Crippen LogP contribution in [0, 0.1) is 5.92 Å². The lowest BCUT2D eigenvalue weighted by Gasteiger charge is -2.09. The molecular weight excluding hydrogens is 242 g/mol. The van der Waals surface area contributed by atoms with Gasteiger partial charge >= 0.3 is 5.97 Å². The van der Waals surface area contributed by atoms with Gasteiger partial charge in [-0.3, -0.25) is 4.79 Å². The van der Waals surface area contributed by atoms with Gasteiger partial charge in [-0.05, 0) is 37.0 Å². The van der Waals surface area contributed by atoms with E-state index < -0.39 is 5.97 Å². The van der Waals surface area contributed by atoms with E-state index in [1.54, 1.807) is 24.3 Å². The summed E-state index contributed by atoms with van der Waals surface area (Å²) in [5.74, 6) is -0.0998. The predicted octanol–water partition coefficient (Wildman–Crippen LogP) is 2.77. The van der Waals surface area contributed by atoms with Crippen molar-refractivity contribution in [3.63, 3.8) is 0 Å². The van der Waals surface area contributed by atoms with Gasteiger partial charge in [-0.15, -0.1) is 0 Å². The molecule has 1 aromatic rings. The predicted molar refractivity (Wildman–Crippen MR) is 72.9 cm³/mol. The molecule has 0 fully saturated rings. The summed E-state index contributed by atoms with van der Waals surface area (Å²) in [6.45, 7) is 0. The molecule has 0 saturated heterocycles. The molecule has 100 valence electrons. The summed E-state index contributed by atoms with van der Waals surface area (Å²) in [7, 11) is 1.33. The highest BCUT2D eigenvalue weighted by Gasteiger charge is 2.14. The lowest BCUT2D eigenvalue weighted by molar-refractivity contribution is -0.116. The zero-order valence-corrected chi connectivity index (χ0v) is 10.9. The Morgan fingerprint density at radius 3 is 2.95 bits per heavy atom. The topological polar surface area (TPSA) is 55.4 Å². The van der Waals surface area contributed by atoms with Crippen molar-refractivity contribution in [3.05, 3.63) is 42.0 Å². The van der Waals surface area contributed by atoms with E-state index in [4.69, 9.17) is 0 Å². The number of allylic oxidation sites excluding steroid dienone is 2. The van der Waals surface area contributed by atoms with Crippen LogP contribution in [0.2, 0.25) is 0 Å². The van der Waals surface area contributed by atoms with E-state index in [-0.39, 0.29) is 5.91 Å². The second kappa shape index (κ2) is 6.18. The van der Waals surface area contributed by atoms with Crippen molar-refractivity contribution >= 4 is 17.6 Å². The van der Waals surface area contributed by atoms with Gasteiger partial charge in [0.25, 0.3) is 0 Å². The number of carbonyl (C=O) groups excluding carboxylic acids is 2. The summed E-state index contributed by atoms with van der Waals surface area (Å²) in [4.78, 5) is 23.2. The standard InChI is InChI=1S/C15H17NO3/c1-19-15(18)12-7-4-8-13(10-12)16-14(17)9-11-5-2-3-6-11/h2,4-5,7-8,10-11H,3,6,9H2,1H3,(H,16,17)/t11-/m1/s1. The normalized spacial score (nSPS) is 17.2. The van der Waals surface area contributed by atoms with Gasteiger partial charge in [0.05, 0.1) is 12.7 Å². The van der Waals surface area contributed by atoms with E-state index in [9.17, 15) is 9.59 Å². The number of esters is 1. The molecule has 0 aromatic heterocycles. The maximum Gasteiger partial charge on any atom is 0.337 e. The number of rotatable bonds is 4. The first kappa shape index (κ1) is 13.3. The zero-order chi connectivity index (χ0) is 13.7. The first-order chi connectivity index (χ1) is 9.19. The van der Waals surface area contributed by atoms with Gasteiger partial charge in [0, 0.05) is 12.1 Å². The van der Waals surface area contributed by atoms with E-state index in [0.717, 1.165) is 12.8 Å². The first-order valence-electron chi connectivity index (χ1n) is 6.34. The molecule has 0 unspecified atom stereocenters. The van der Waals surface area contributed by atoms with Crippen LogP contribution in [0.3, 0.4) is 0 Å². The molecule has 19 heavy (non-hydrogen) atoms. The molecule has 0 heterocycles. The van der Waals surface area contributed by atoms with Crippen molar-refractivity contribution in [2.75, 3.05) is 12.4 Å². The van der Waals surface area contributed by atoms with Gasteiger partial charge in [-0.1, -0.05) is 18.2 Å². The Morgan fingerprint density at radius 1 is 1.42 bits per heavy atom. The smallest absolute Gasteiger partial charge is 0.337 e. The number of benzene rings is 1. The molecule has 1 aliphatic carbocycles. The molecule has 0 saturated carbocycles. The molecule has 1 atom stereocenters. The third-order valence-electron chi connectivity index (χ3n) is 3.13. The molecular formula is C15H17NO3. The molecule has 0 bridgehead atoms. The largest absolute Gasteiger partial charge is 0.465 e. The summed E-state index contributed by atoms with van der Waals surface area (Å²) < 4.78 is 4.64. The monoisotopic (exact) mass is 259 g/mol. The highest BCUT2D eigenvalue weighted by atomic mass is 16.5. The summed E-state index contributed by atoms with van der Waals surface area (Å²) in [6.07, 6.45) is 6.77. The minimum Gasteiger partial charge on any atom is -0.465 e. The van der Waals surface area contributed by atoms with Gasteiger partial charge in [-0.2, -0.15) is 0 Å². The molecule has 0 radical (unpaired) electrons. The van der Waals surface area contributed by atoms with Crippen molar-refractivity contribution in [2.24, 2.45) is 5.92 Å². The van der Waals surface area contributed by atoms with E-state index >= 15 is 0 Å². The minimum atomic E-state index is -0.408. The summed E-state index contributed by atoms with van der Waals surface area (Å²) >= 11 is 0. The van der Waals surface area contributed by atoms with Crippen molar-refractivity contribution in [2.45, 2.75) is 19.3 Å². The van der Waals surface area contributed by atoms with E-state index in [2.05, 4.69) is 22.2 Å². The van der Waals surface area contributed by atoms with Crippen molar-refractivity contribution in [1.82, 2.24) is 0 Å². The van der Waals surface area contributed by atoms with Crippen LogP contribution in [0.15, 0.2) is 36.4 Å². The first-order valence-corrected chi connectivity index (χ1v) is 6.34. The lowest BCUT2D eigenvalue weighted by Crippen LogP contribution is -2.15. The van der Waals surface area contributed by atoms with Crippen LogP contribution in [-0.2, 0) is 9.53 Å².